The number of aromatic nitrogens is 2. The molecule has 7 heteroatoms. The lowest BCUT2D eigenvalue weighted by Gasteiger charge is -2.11. The van der Waals surface area contributed by atoms with E-state index in [2.05, 4.69) is 20.6 Å². The average molecular weight is 392 g/mol. The van der Waals surface area contributed by atoms with Gasteiger partial charge in [-0.15, -0.1) is 0 Å². The number of hydrogen-bond acceptors (Lipinski definition) is 6. The van der Waals surface area contributed by atoms with E-state index in [4.69, 9.17) is 9.47 Å². The molecule has 3 aromatic rings. The molecule has 2 N–H and O–H groups in total. The minimum absolute atomic E-state index is 0.282. The van der Waals surface area contributed by atoms with Gasteiger partial charge in [-0.05, 0) is 54.8 Å². The molecule has 1 amide bonds. The number of carbonyl (C=O) groups is 1. The van der Waals surface area contributed by atoms with E-state index in [-0.39, 0.29) is 11.6 Å². The minimum Gasteiger partial charge on any atom is -0.493 e. The van der Waals surface area contributed by atoms with Crippen LogP contribution < -0.4 is 20.1 Å². The van der Waals surface area contributed by atoms with E-state index in [1.807, 2.05) is 50.2 Å². The summed E-state index contributed by atoms with van der Waals surface area (Å²) in [6.07, 6.45) is 1.56. The van der Waals surface area contributed by atoms with E-state index in [9.17, 15) is 4.79 Å². The number of nitrogens with one attached hydrogen (secondary N) is 2. The Morgan fingerprint density at radius 3 is 2.59 bits per heavy atom. The molecule has 29 heavy (non-hydrogen) atoms. The van der Waals surface area contributed by atoms with Crippen molar-refractivity contribution in [3.8, 4) is 11.5 Å². The first-order valence-electron chi connectivity index (χ1n) is 9.17. The summed E-state index contributed by atoms with van der Waals surface area (Å²) in [5.41, 5.74) is 4.17. The highest BCUT2D eigenvalue weighted by Gasteiger charge is 2.11. The Hall–Kier alpha value is -3.61. The Morgan fingerprint density at radius 1 is 1.03 bits per heavy atom. The van der Waals surface area contributed by atoms with E-state index in [0.29, 0.717) is 24.0 Å². The second-order valence-electron chi connectivity index (χ2n) is 6.51. The molecule has 0 saturated carbocycles. The van der Waals surface area contributed by atoms with Crippen LogP contribution in [0.3, 0.4) is 0 Å². The third kappa shape index (κ3) is 4.82. The van der Waals surface area contributed by atoms with E-state index in [1.165, 1.54) is 0 Å². The molecule has 0 aliphatic heterocycles. The quantitative estimate of drug-likeness (QED) is 0.633. The number of ether oxygens (including phenoxy) is 2. The topological polar surface area (TPSA) is 85.4 Å². The Morgan fingerprint density at radius 2 is 1.83 bits per heavy atom. The van der Waals surface area contributed by atoms with E-state index in [1.54, 1.807) is 26.5 Å². The van der Waals surface area contributed by atoms with Crippen molar-refractivity contribution in [2.45, 2.75) is 20.4 Å². The lowest BCUT2D eigenvalue weighted by Crippen LogP contribution is -2.16. The van der Waals surface area contributed by atoms with Gasteiger partial charge < -0.3 is 20.1 Å². The largest absolute Gasteiger partial charge is 0.493 e. The normalized spacial score (nSPS) is 10.3. The zero-order chi connectivity index (χ0) is 20.8. The van der Waals surface area contributed by atoms with Crippen molar-refractivity contribution >= 4 is 17.5 Å². The molecule has 150 valence electrons. The number of benzene rings is 2. The van der Waals surface area contributed by atoms with Crippen LogP contribution in [0, 0.1) is 13.8 Å². The Kier molecular flexibility index (Phi) is 6.29. The molecule has 7 nitrogen and oxygen atoms in total. The molecule has 2 aromatic carbocycles. The maximum Gasteiger partial charge on any atom is 0.274 e. The summed E-state index contributed by atoms with van der Waals surface area (Å²) < 4.78 is 10.6. The van der Waals surface area contributed by atoms with Crippen LogP contribution in [0.25, 0.3) is 0 Å². The first-order valence-corrected chi connectivity index (χ1v) is 9.17. The predicted molar refractivity (Wildman–Crippen MR) is 113 cm³/mol. The highest BCUT2D eigenvalue weighted by Crippen LogP contribution is 2.27. The Balaban J connectivity index is 1.69. The van der Waals surface area contributed by atoms with Gasteiger partial charge in [0.25, 0.3) is 5.91 Å². The van der Waals surface area contributed by atoms with Gasteiger partial charge >= 0.3 is 0 Å². The van der Waals surface area contributed by atoms with Gasteiger partial charge in [0.05, 0.1) is 14.2 Å². The zero-order valence-corrected chi connectivity index (χ0v) is 16.9. The van der Waals surface area contributed by atoms with Gasteiger partial charge in [0.1, 0.15) is 5.69 Å². The molecule has 0 saturated heterocycles. The van der Waals surface area contributed by atoms with Gasteiger partial charge in [-0.3, -0.25) is 4.79 Å². The van der Waals surface area contributed by atoms with Crippen LogP contribution in [0.5, 0.6) is 11.5 Å². The fourth-order valence-electron chi connectivity index (χ4n) is 2.81. The maximum absolute atomic E-state index is 12.6. The first kappa shape index (κ1) is 20.1. The monoisotopic (exact) mass is 392 g/mol. The van der Waals surface area contributed by atoms with Gasteiger partial charge in [-0.25, -0.2) is 9.97 Å². The number of aryl methyl sites for hydroxylation is 1. The zero-order valence-electron chi connectivity index (χ0n) is 16.9. The molecule has 3 rings (SSSR count). The second-order valence-corrected chi connectivity index (χ2v) is 6.51. The molecule has 1 aromatic heterocycles. The van der Waals surface area contributed by atoms with Gasteiger partial charge in [0.15, 0.2) is 11.5 Å². The summed E-state index contributed by atoms with van der Waals surface area (Å²) >= 11 is 0. The summed E-state index contributed by atoms with van der Waals surface area (Å²) in [7, 11) is 3.19. The van der Waals surface area contributed by atoms with Crippen LogP contribution in [0.15, 0.2) is 48.7 Å². The molecule has 0 aliphatic carbocycles. The third-order valence-corrected chi connectivity index (χ3v) is 4.64. The smallest absolute Gasteiger partial charge is 0.274 e. The molecule has 0 unspecified atom stereocenters. The van der Waals surface area contributed by atoms with Gasteiger partial charge in [0.2, 0.25) is 5.95 Å². The van der Waals surface area contributed by atoms with Crippen molar-refractivity contribution in [1.29, 1.82) is 0 Å². The van der Waals surface area contributed by atoms with Crippen LogP contribution in [0.4, 0.5) is 11.6 Å². The highest BCUT2D eigenvalue weighted by molar-refractivity contribution is 6.03. The first-order chi connectivity index (χ1) is 14.0. The number of carbonyl (C=O) groups excluding carboxylic acids is 1. The number of hydrogen-bond donors (Lipinski definition) is 2. The summed E-state index contributed by atoms with van der Waals surface area (Å²) in [5.74, 6) is 1.40. The molecular formula is C22H24N4O3. The fraction of sp³-hybridized carbons (Fsp3) is 0.227. The van der Waals surface area contributed by atoms with Crippen molar-refractivity contribution in [3.63, 3.8) is 0 Å². The number of nitrogens with zero attached hydrogens (tertiary/aromatic N) is 2. The number of methoxy groups -OCH3 is 2. The Labute approximate surface area is 170 Å². The van der Waals surface area contributed by atoms with Crippen molar-refractivity contribution in [1.82, 2.24) is 9.97 Å². The summed E-state index contributed by atoms with van der Waals surface area (Å²) in [6, 6.07) is 13.0. The maximum atomic E-state index is 12.6. The van der Waals surface area contributed by atoms with E-state index < -0.39 is 0 Å². The van der Waals surface area contributed by atoms with Crippen molar-refractivity contribution in [2.24, 2.45) is 0 Å². The standard InChI is InChI=1S/C22H24N4O3/c1-14-6-5-7-17(15(14)2)25-21(27)18-10-11-23-22(26-18)24-13-16-8-9-19(28-3)20(12-16)29-4/h5-12H,13H2,1-4H3,(H,25,27)(H,23,24,26). The van der Waals surface area contributed by atoms with Crippen molar-refractivity contribution < 1.29 is 14.3 Å². The lowest BCUT2D eigenvalue weighted by molar-refractivity contribution is 0.102. The summed E-state index contributed by atoms with van der Waals surface area (Å²) in [6.45, 7) is 4.45. The number of anilines is 2. The fourth-order valence-corrected chi connectivity index (χ4v) is 2.81. The van der Waals surface area contributed by atoms with Gasteiger partial charge in [-0.2, -0.15) is 0 Å². The molecule has 0 atom stereocenters. The second kappa shape index (κ2) is 9.05. The van der Waals surface area contributed by atoms with Crippen LogP contribution >= 0.6 is 0 Å². The SMILES string of the molecule is COc1ccc(CNc2nccc(C(=O)Nc3cccc(C)c3C)n2)cc1OC. The van der Waals surface area contributed by atoms with Crippen molar-refractivity contribution in [2.75, 3.05) is 24.9 Å². The van der Waals surface area contributed by atoms with Crippen LogP contribution in [0.2, 0.25) is 0 Å². The predicted octanol–water partition coefficient (Wildman–Crippen LogP) is 3.98. The number of amides is 1. The average Bonchev–Trinajstić information content (AvgIpc) is 2.75. The Bertz CT molecular complexity index is 1020. The minimum atomic E-state index is -0.282. The molecule has 0 bridgehead atoms. The number of rotatable bonds is 7. The van der Waals surface area contributed by atoms with Gasteiger partial charge in [-0.1, -0.05) is 18.2 Å². The summed E-state index contributed by atoms with van der Waals surface area (Å²) in [4.78, 5) is 21.1. The molecule has 0 fully saturated rings. The molecule has 0 aliphatic rings. The highest BCUT2D eigenvalue weighted by atomic mass is 16.5. The van der Waals surface area contributed by atoms with Crippen LogP contribution in [0.1, 0.15) is 27.2 Å². The van der Waals surface area contributed by atoms with E-state index >= 15 is 0 Å². The van der Waals surface area contributed by atoms with Crippen molar-refractivity contribution in [3.05, 3.63) is 71.0 Å². The lowest BCUT2D eigenvalue weighted by atomic mass is 10.1. The summed E-state index contributed by atoms with van der Waals surface area (Å²) in [5, 5.41) is 6.04. The van der Waals surface area contributed by atoms with Crippen LogP contribution in [-0.2, 0) is 6.54 Å². The van der Waals surface area contributed by atoms with Crippen LogP contribution in [-0.4, -0.2) is 30.1 Å². The van der Waals surface area contributed by atoms with Gasteiger partial charge in [0, 0.05) is 18.4 Å². The molecule has 0 radical (unpaired) electrons. The molecule has 0 spiro atoms. The molecule has 1 heterocycles. The molecular weight excluding hydrogens is 368 g/mol. The third-order valence-electron chi connectivity index (χ3n) is 4.64. The van der Waals surface area contributed by atoms with E-state index in [0.717, 1.165) is 22.4 Å².